The molecule has 0 fully saturated rings. The minimum absolute atomic E-state index is 0.0815. The molecule has 1 unspecified atom stereocenters. The first-order chi connectivity index (χ1) is 13.4. The number of aromatic nitrogens is 3. The highest BCUT2D eigenvalue weighted by atomic mass is 32.2. The van der Waals surface area contributed by atoms with Crippen LogP contribution in [0.25, 0.3) is 21.1 Å². The second-order valence-electron chi connectivity index (χ2n) is 6.96. The lowest BCUT2D eigenvalue weighted by molar-refractivity contribution is 0.102. The summed E-state index contributed by atoms with van der Waals surface area (Å²) < 4.78 is 0. The molecule has 2 N–H and O–H groups in total. The summed E-state index contributed by atoms with van der Waals surface area (Å²) >= 11 is 3.03. The van der Waals surface area contributed by atoms with Gasteiger partial charge in [0.05, 0.1) is 16.4 Å². The molecule has 3 aromatic heterocycles. The average Bonchev–Trinajstić information content (AvgIpc) is 3.15. The van der Waals surface area contributed by atoms with Gasteiger partial charge < -0.3 is 9.97 Å². The van der Waals surface area contributed by atoms with Crippen molar-refractivity contribution in [2.24, 2.45) is 0 Å². The molecule has 7 heteroatoms. The van der Waals surface area contributed by atoms with Gasteiger partial charge >= 0.3 is 0 Å². The molecule has 0 spiro atoms. The molecular weight excluding hydrogens is 390 g/mol. The Balaban J connectivity index is 1.56. The van der Waals surface area contributed by atoms with Crippen LogP contribution >= 0.6 is 23.1 Å². The van der Waals surface area contributed by atoms with E-state index < -0.39 is 0 Å². The van der Waals surface area contributed by atoms with Crippen molar-refractivity contribution < 1.29 is 4.79 Å². The number of carbonyl (C=O) groups is 1. The number of aromatic amines is 2. The summed E-state index contributed by atoms with van der Waals surface area (Å²) in [4.78, 5) is 38.1. The largest absolute Gasteiger partial charge is 0.358 e. The first-order valence-electron chi connectivity index (χ1n) is 9.09. The fourth-order valence-electron chi connectivity index (χ4n) is 3.45. The van der Waals surface area contributed by atoms with Gasteiger partial charge in [0.1, 0.15) is 10.7 Å². The molecule has 0 bridgehead atoms. The summed E-state index contributed by atoms with van der Waals surface area (Å²) in [5.74, 6) is 1.03. The van der Waals surface area contributed by atoms with Gasteiger partial charge in [-0.15, -0.1) is 23.1 Å². The fourth-order valence-corrected chi connectivity index (χ4v) is 5.30. The molecule has 4 rings (SSSR count). The van der Waals surface area contributed by atoms with Gasteiger partial charge in [0, 0.05) is 27.0 Å². The number of thiophene rings is 1. The van der Waals surface area contributed by atoms with Crippen LogP contribution in [0, 0.1) is 20.8 Å². The molecule has 0 aliphatic rings. The summed E-state index contributed by atoms with van der Waals surface area (Å²) in [6.07, 6.45) is 0. The highest BCUT2D eigenvalue weighted by molar-refractivity contribution is 8.00. The number of thioether (sulfide) groups is 1. The van der Waals surface area contributed by atoms with Gasteiger partial charge in [-0.1, -0.05) is 18.2 Å². The highest BCUT2D eigenvalue weighted by Gasteiger charge is 2.19. The average molecular weight is 412 g/mol. The molecule has 0 aliphatic carbocycles. The quantitative estimate of drug-likeness (QED) is 0.450. The van der Waals surface area contributed by atoms with E-state index in [9.17, 15) is 9.59 Å². The van der Waals surface area contributed by atoms with Crippen LogP contribution in [-0.2, 0) is 0 Å². The summed E-state index contributed by atoms with van der Waals surface area (Å²) in [7, 11) is 0. The predicted octanol–water partition coefficient (Wildman–Crippen LogP) is 5.07. The number of Topliss-reactive ketones (excluding diaryl/α,β-unsaturated/α-hetero) is 1. The van der Waals surface area contributed by atoms with Crippen LogP contribution in [0.15, 0.2) is 29.1 Å². The number of hydrogen-bond acceptors (Lipinski definition) is 5. The molecule has 1 atom stereocenters. The van der Waals surface area contributed by atoms with Crippen molar-refractivity contribution in [2.75, 3.05) is 5.75 Å². The van der Waals surface area contributed by atoms with E-state index in [1.165, 1.54) is 23.1 Å². The molecule has 0 saturated heterocycles. The van der Waals surface area contributed by atoms with Crippen LogP contribution in [0.1, 0.15) is 44.5 Å². The van der Waals surface area contributed by atoms with Crippen LogP contribution < -0.4 is 5.56 Å². The standard InChI is InChI=1S/C21H21N3O2S2/c1-10-12(3)28-21-17(10)20(26)23-19(24-21)13(4)27-9-16(25)18-11(2)22-15-8-6-5-7-14(15)18/h5-8,13,22H,9H2,1-4H3,(H,23,24,26). The normalized spacial score (nSPS) is 12.7. The number of aryl methyl sites for hydroxylation is 3. The topological polar surface area (TPSA) is 78.6 Å². The number of ketones is 1. The molecule has 144 valence electrons. The van der Waals surface area contributed by atoms with Crippen molar-refractivity contribution in [3.05, 3.63) is 62.1 Å². The Kier molecular flexibility index (Phi) is 4.89. The van der Waals surface area contributed by atoms with Gasteiger partial charge in [-0.3, -0.25) is 9.59 Å². The lowest BCUT2D eigenvalue weighted by Gasteiger charge is -2.10. The van der Waals surface area contributed by atoms with Crippen molar-refractivity contribution >= 4 is 50.0 Å². The number of fused-ring (bicyclic) bond motifs is 2. The van der Waals surface area contributed by atoms with E-state index in [2.05, 4.69) is 15.0 Å². The summed E-state index contributed by atoms with van der Waals surface area (Å²) in [5, 5.41) is 1.54. The van der Waals surface area contributed by atoms with Crippen molar-refractivity contribution in [2.45, 2.75) is 32.9 Å². The van der Waals surface area contributed by atoms with E-state index in [4.69, 9.17) is 0 Å². The number of H-pyrrole nitrogens is 2. The van der Waals surface area contributed by atoms with Gasteiger partial charge in [0.15, 0.2) is 5.78 Å². The van der Waals surface area contributed by atoms with E-state index in [1.807, 2.05) is 52.0 Å². The van der Waals surface area contributed by atoms with E-state index in [1.54, 1.807) is 0 Å². The Morgan fingerprint density at radius 1 is 1.21 bits per heavy atom. The lowest BCUT2D eigenvalue weighted by Crippen LogP contribution is -2.13. The number of nitrogens with zero attached hydrogens (tertiary/aromatic N) is 1. The van der Waals surface area contributed by atoms with Gasteiger partial charge in [-0.05, 0) is 39.3 Å². The molecule has 0 saturated carbocycles. The number of nitrogens with one attached hydrogen (secondary N) is 2. The zero-order valence-electron chi connectivity index (χ0n) is 16.2. The van der Waals surface area contributed by atoms with Gasteiger partial charge in [0.25, 0.3) is 5.56 Å². The fraction of sp³-hybridized carbons (Fsp3) is 0.286. The second kappa shape index (κ2) is 7.22. The minimum atomic E-state index is -0.104. The molecule has 4 aromatic rings. The van der Waals surface area contributed by atoms with Crippen molar-refractivity contribution in [1.29, 1.82) is 0 Å². The van der Waals surface area contributed by atoms with Gasteiger partial charge in [-0.25, -0.2) is 4.98 Å². The second-order valence-corrected chi connectivity index (χ2v) is 9.49. The number of para-hydroxylation sites is 1. The van der Waals surface area contributed by atoms with E-state index in [0.29, 0.717) is 17.0 Å². The zero-order valence-corrected chi connectivity index (χ0v) is 17.8. The van der Waals surface area contributed by atoms with Gasteiger partial charge in [-0.2, -0.15) is 0 Å². The van der Waals surface area contributed by atoms with E-state index >= 15 is 0 Å². The van der Waals surface area contributed by atoms with Crippen LogP contribution in [0.5, 0.6) is 0 Å². The Bertz CT molecular complexity index is 1270. The first kappa shape index (κ1) is 19.0. The Labute approximate surface area is 170 Å². The molecule has 0 amide bonds. The summed E-state index contributed by atoms with van der Waals surface area (Å²) in [6, 6.07) is 7.84. The number of hydrogen-bond donors (Lipinski definition) is 2. The van der Waals surface area contributed by atoms with E-state index in [0.717, 1.165) is 37.4 Å². The van der Waals surface area contributed by atoms with Crippen LogP contribution in [0.2, 0.25) is 0 Å². The van der Waals surface area contributed by atoms with E-state index in [-0.39, 0.29) is 16.6 Å². The minimum Gasteiger partial charge on any atom is -0.358 e. The predicted molar refractivity (Wildman–Crippen MR) is 118 cm³/mol. The highest BCUT2D eigenvalue weighted by Crippen LogP contribution is 2.31. The molecule has 0 radical (unpaired) electrons. The maximum absolute atomic E-state index is 12.9. The van der Waals surface area contributed by atoms with Crippen LogP contribution in [0.4, 0.5) is 0 Å². The summed E-state index contributed by atoms with van der Waals surface area (Å²) in [6.45, 7) is 7.85. The maximum atomic E-state index is 12.9. The lowest BCUT2D eigenvalue weighted by atomic mass is 10.1. The Morgan fingerprint density at radius 3 is 2.75 bits per heavy atom. The monoisotopic (exact) mass is 411 g/mol. The molecule has 28 heavy (non-hydrogen) atoms. The van der Waals surface area contributed by atoms with Crippen LogP contribution in [-0.4, -0.2) is 26.5 Å². The maximum Gasteiger partial charge on any atom is 0.259 e. The third kappa shape index (κ3) is 3.18. The van der Waals surface area contributed by atoms with Gasteiger partial charge in [0.2, 0.25) is 0 Å². The SMILES string of the molecule is Cc1[nH]c2ccccc2c1C(=O)CSC(C)c1nc2sc(C)c(C)c2c(=O)[nH]1. The smallest absolute Gasteiger partial charge is 0.259 e. The number of benzene rings is 1. The first-order valence-corrected chi connectivity index (χ1v) is 11.0. The molecule has 0 aliphatic heterocycles. The number of rotatable bonds is 5. The van der Waals surface area contributed by atoms with Crippen molar-refractivity contribution in [3.63, 3.8) is 0 Å². The number of carbonyl (C=O) groups excluding carboxylic acids is 1. The summed E-state index contributed by atoms with van der Waals surface area (Å²) in [5.41, 5.74) is 3.49. The molecule has 5 nitrogen and oxygen atoms in total. The Morgan fingerprint density at radius 2 is 1.96 bits per heavy atom. The molecule has 1 aromatic carbocycles. The molecule has 3 heterocycles. The molecular formula is C21H21N3O2S2. The third-order valence-electron chi connectivity index (χ3n) is 5.08. The van der Waals surface area contributed by atoms with Crippen molar-refractivity contribution in [3.8, 4) is 0 Å². The third-order valence-corrected chi connectivity index (χ3v) is 7.33. The Hall–Kier alpha value is -2.38. The van der Waals surface area contributed by atoms with Crippen molar-refractivity contribution in [1.82, 2.24) is 15.0 Å². The zero-order chi connectivity index (χ0) is 20.0. The van der Waals surface area contributed by atoms with Crippen LogP contribution in [0.3, 0.4) is 0 Å².